The number of aromatic hydroxyl groups is 2. The number of ether oxygens (including phenoxy) is 1. The van der Waals surface area contributed by atoms with Crippen LogP contribution in [0.1, 0.15) is 70.7 Å². The maximum atomic E-state index is 12.1. The zero-order valence-corrected chi connectivity index (χ0v) is 22.1. The number of aromatic carboxylic acids is 2. The van der Waals surface area contributed by atoms with Gasteiger partial charge in [0.1, 0.15) is 11.1 Å². The van der Waals surface area contributed by atoms with Crippen molar-refractivity contribution in [3.8, 4) is 23.0 Å². The molecule has 0 aromatic heterocycles. The number of carboxylic acids is 2. The molecule has 0 heterocycles. The number of hydrogen-bond acceptors (Lipinski definition) is 5. The number of rotatable bonds is 8. The Kier molecular flexibility index (Phi) is 7.11. The van der Waals surface area contributed by atoms with Crippen molar-refractivity contribution in [2.75, 3.05) is 0 Å². The summed E-state index contributed by atoms with van der Waals surface area (Å²) in [4.78, 5) is 24.1. The third kappa shape index (κ3) is 5.16. The molecule has 0 saturated carbocycles. The molecule has 0 bridgehead atoms. The van der Waals surface area contributed by atoms with E-state index in [1.165, 1.54) is 24.3 Å². The van der Waals surface area contributed by atoms with E-state index in [9.17, 15) is 30.0 Å². The lowest BCUT2D eigenvalue weighted by molar-refractivity contribution is 0.0682. The van der Waals surface area contributed by atoms with E-state index in [1.807, 2.05) is 88.4 Å². The van der Waals surface area contributed by atoms with Crippen LogP contribution in [-0.2, 0) is 10.8 Å². The Morgan fingerprint density at radius 2 is 0.897 bits per heavy atom. The number of hydrogen-bond donors (Lipinski definition) is 4. The lowest BCUT2D eigenvalue weighted by Gasteiger charge is -2.28. The van der Waals surface area contributed by atoms with E-state index in [0.29, 0.717) is 11.1 Å². The molecule has 0 unspecified atom stereocenters. The van der Waals surface area contributed by atoms with Crippen LogP contribution in [0.15, 0.2) is 84.9 Å². The minimum atomic E-state index is -1.36. The van der Waals surface area contributed by atoms with Crippen molar-refractivity contribution in [2.24, 2.45) is 0 Å². The smallest absolute Gasteiger partial charge is 0.339 e. The van der Waals surface area contributed by atoms with Crippen molar-refractivity contribution in [3.05, 3.63) is 118 Å². The van der Waals surface area contributed by atoms with Crippen LogP contribution in [0, 0.1) is 0 Å². The molecule has 39 heavy (non-hydrogen) atoms. The van der Waals surface area contributed by atoms with E-state index < -0.39 is 34.3 Å². The third-order valence-electron chi connectivity index (χ3n) is 7.26. The highest BCUT2D eigenvalue weighted by Crippen LogP contribution is 2.45. The van der Waals surface area contributed by atoms with Crippen LogP contribution in [-0.4, -0.2) is 32.4 Å². The molecular formula is C32H30O7. The predicted molar refractivity (Wildman–Crippen MR) is 147 cm³/mol. The number of carboxylic acid groups (broad SMARTS) is 2. The van der Waals surface area contributed by atoms with Crippen molar-refractivity contribution in [1.82, 2.24) is 0 Å². The first-order chi connectivity index (χ1) is 18.3. The highest BCUT2D eigenvalue weighted by atomic mass is 16.5. The van der Waals surface area contributed by atoms with Gasteiger partial charge in [-0.05, 0) is 46.5 Å². The Hall–Kier alpha value is -4.78. The normalized spacial score (nSPS) is 11.7. The number of benzene rings is 4. The molecule has 7 nitrogen and oxygen atoms in total. The Morgan fingerprint density at radius 3 is 1.21 bits per heavy atom. The topological polar surface area (TPSA) is 124 Å². The molecule has 4 aromatic carbocycles. The third-order valence-corrected chi connectivity index (χ3v) is 7.26. The first kappa shape index (κ1) is 27.3. The van der Waals surface area contributed by atoms with E-state index in [-0.39, 0.29) is 22.6 Å². The molecule has 0 atom stereocenters. The van der Waals surface area contributed by atoms with E-state index >= 15 is 0 Å². The monoisotopic (exact) mass is 526 g/mol. The predicted octanol–water partition coefficient (Wildman–Crippen LogP) is 6.94. The Labute approximate surface area is 226 Å². The van der Waals surface area contributed by atoms with Gasteiger partial charge in [-0.15, -0.1) is 0 Å². The fourth-order valence-corrected chi connectivity index (χ4v) is 4.58. The average molecular weight is 527 g/mol. The zero-order valence-electron chi connectivity index (χ0n) is 22.1. The van der Waals surface area contributed by atoms with E-state index in [2.05, 4.69) is 0 Å². The molecule has 0 aliphatic heterocycles. The maximum absolute atomic E-state index is 12.1. The van der Waals surface area contributed by atoms with Crippen molar-refractivity contribution >= 4 is 11.9 Å². The Morgan fingerprint density at radius 1 is 0.564 bits per heavy atom. The lowest BCUT2D eigenvalue weighted by Crippen LogP contribution is -2.20. The molecule has 0 fully saturated rings. The van der Waals surface area contributed by atoms with Gasteiger partial charge in [-0.25, -0.2) is 9.59 Å². The van der Waals surface area contributed by atoms with Gasteiger partial charge < -0.3 is 25.2 Å². The summed E-state index contributed by atoms with van der Waals surface area (Å²) < 4.78 is 5.94. The summed E-state index contributed by atoms with van der Waals surface area (Å²) in [5.74, 6) is -4.46. The number of phenols is 2. The van der Waals surface area contributed by atoms with E-state index in [0.717, 1.165) is 11.1 Å². The molecule has 4 N–H and O–H groups in total. The lowest BCUT2D eigenvalue weighted by atomic mass is 9.77. The van der Waals surface area contributed by atoms with Crippen LogP contribution in [0.2, 0.25) is 0 Å². The highest BCUT2D eigenvalue weighted by molar-refractivity contribution is 5.93. The molecule has 200 valence electrons. The van der Waals surface area contributed by atoms with E-state index in [4.69, 9.17) is 4.74 Å². The summed E-state index contributed by atoms with van der Waals surface area (Å²) in [6.45, 7) is 7.64. The number of carbonyl (C=O) groups is 2. The summed E-state index contributed by atoms with van der Waals surface area (Å²) in [6, 6.07) is 24.7. The summed E-state index contributed by atoms with van der Waals surface area (Å²) >= 11 is 0. The molecular weight excluding hydrogens is 496 g/mol. The first-order valence-electron chi connectivity index (χ1n) is 12.3. The second-order valence-electron chi connectivity index (χ2n) is 10.4. The fraction of sp³-hybridized carbons (Fsp3) is 0.188. The zero-order chi connectivity index (χ0) is 28.5. The second kappa shape index (κ2) is 10.2. The standard InChI is InChI=1S/C32H30O7/c1-31(2,19-11-7-5-8-12-19)21-15-23(29(35)36)27(33)25(17-21)39-26-18-22(16-24(28(26)34)30(37)38)32(3,4)20-13-9-6-10-14-20/h5-18,33-34H,1-4H3,(H,35,36)(H,37,38). The molecule has 7 heteroatoms. The molecule has 0 saturated heterocycles. The van der Waals surface area contributed by atoms with E-state index in [1.54, 1.807) is 0 Å². The molecule has 4 aromatic rings. The second-order valence-corrected chi connectivity index (χ2v) is 10.4. The van der Waals surface area contributed by atoms with Crippen LogP contribution in [0.5, 0.6) is 23.0 Å². The van der Waals surface area contributed by atoms with Crippen LogP contribution in [0.3, 0.4) is 0 Å². The van der Waals surface area contributed by atoms with Gasteiger partial charge in [-0.2, -0.15) is 0 Å². The SMILES string of the molecule is CC(C)(c1ccccc1)c1cc(Oc2cc(C(C)(C)c3ccccc3)cc(C(=O)O)c2O)c(O)c(C(=O)O)c1. The minimum absolute atomic E-state index is 0.227. The average Bonchev–Trinajstić information content (AvgIpc) is 2.91. The fourth-order valence-electron chi connectivity index (χ4n) is 4.58. The van der Waals surface area contributed by atoms with Crippen LogP contribution < -0.4 is 4.74 Å². The largest absolute Gasteiger partial charge is 0.504 e. The summed E-state index contributed by atoms with van der Waals surface area (Å²) in [7, 11) is 0. The van der Waals surface area contributed by atoms with Gasteiger partial charge in [-0.1, -0.05) is 88.4 Å². The van der Waals surface area contributed by atoms with Crippen molar-refractivity contribution < 1.29 is 34.8 Å². The van der Waals surface area contributed by atoms with Gasteiger partial charge in [0.15, 0.2) is 23.0 Å². The molecule has 0 aliphatic carbocycles. The van der Waals surface area contributed by atoms with Gasteiger partial charge in [0.05, 0.1) is 0 Å². The Balaban J connectivity index is 1.90. The molecule has 0 amide bonds. The van der Waals surface area contributed by atoms with Crippen molar-refractivity contribution in [1.29, 1.82) is 0 Å². The van der Waals surface area contributed by atoms with Gasteiger partial charge >= 0.3 is 11.9 Å². The first-order valence-corrected chi connectivity index (χ1v) is 12.3. The molecule has 0 radical (unpaired) electrons. The van der Waals surface area contributed by atoms with Crippen LogP contribution in [0.25, 0.3) is 0 Å². The molecule has 0 aliphatic rings. The van der Waals surface area contributed by atoms with Gasteiger partial charge in [0.25, 0.3) is 0 Å². The van der Waals surface area contributed by atoms with Crippen molar-refractivity contribution in [2.45, 2.75) is 38.5 Å². The van der Waals surface area contributed by atoms with Crippen LogP contribution in [0.4, 0.5) is 0 Å². The van der Waals surface area contributed by atoms with Gasteiger partial charge in [0.2, 0.25) is 0 Å². The maximum Gasteiger partial charge on any atom is 0.339 e. The van der Waals surface area contributed by atoms with Gasteiger partial charge in [0, 0.05) is 10.8 Å². The van der Waals surface area contributed by atoms with Crippen LogP contribution >= 0.6 is 0 Å². The summed E-state index contributed by atoms with van der Waals surface area (Å²) in [5, 5.41) is 41.4. The van der Waals surface area contributed by atoms with Crippen molar-refractivity contribution in [3.63, 3.8) is 0 Å². The molecule has 0 spiro atoms. The van der Waals surface area contributed by atoms with Gasteiger partial charge in [-0.3, -0.25) is 0 Å². The summed E-state index contributed by atoms with van der Waals surface area (Å²) in [6.07, 6.45) is 0. The Bertz CT molecular complexity index is 1420. The minimum Gasteiger partial charge on any atom is -0.504 e. The molecule has 4 rings (SSSR count). The summed E-state index contributed by atoms with van der Waals surface area (Å²) in [5.41, 5.74) is 0.762. The quantitative estimate of drug-likeness (QED) is 0.196. The highest BCUT2D eigenvalue weighted by Gasteiger charge is 2.30.